The summed E-state index contributed by atoms with van der Waals surface area (Å²) in [5, 5.41) is 0. The second-order valence-corrected chi connectivity index (χ2v) is 9.76. The van der Waals surface area contributed by atoms with Crippen molar-refractivity contribution in [2.24, 2.45) is 11.8 Å². The third kappa shape index (κ3) is 6.67. The number of alkyl halides is 5. The maximum absolute atomic E-state index is 14.7. The molecule has 3 aromatic rings. The van der Waals surface area contributed by atoms with Crippen LogP contribution in [-0.4, -0.2) is 19.6 Å². The Kier molecular flexibility index (Phi) is 7.77. The van der Waals surface area contributed by atoms with Crippen LogP contribution < -0.4 is 9.47 Å². The van der Waals surface area contributed by atoms with E-state index in [1.54, 1.807) is 0 Å². The minimum atomic E-state index is -5.12. The summed E-state index contributed by atoms with van der Waals surface area (Å²) in [6.07, 6.45) is -4.40. The Bertz CT molecular complexity index is 1250. The van der Waals surface area contributed by atoms with Crippen molar-refractivity contribution in [2.75, 3.05) is 13.2 Å². The van der Waals surface area contributed by atoms with E-state index in [-0.39, 0.29) is 0 Å². The van der Waals surface area contributed by atoms with Gasteiger partial charge in [0.05, 0.1) is 18.8 Å². The summed E-state index contributed by atoms with van der Waals surface area (Å²) in [7, 11) is 0. The van der Waals surface area contributed by atoms with E-state index < -0.39 is 41.6 Å². The molecule has 4 nitrogen and oxygen atoms in total. The molecule has 5 rings (SSSR count). The van der Waals surface area contributed by atoms with E-state index >= 15 is 0 Å². The van der Waals surface area contributed by atoms with Crippen LogP contribution >= 0.6 is 0 Å². The Morgan fingerprint density at radius 3 is 1.85 bits per heavy atom. The van der Waals surface area contributed by atoms with Crippen LogP contribution in [0.4, 0.5) is 26.3 Å². The predicted molar refractivity (Wildman–Crippen MR) is 130 cm³/mol. The van der Waals surface area contributed by atoms with E-state index in [9.17, 15) is 26.3 Å². The van der Waals surface area contributed by atoms with E-state index in [0.717, 1.165) is 29.3 Å². The van der Waals surface area contributed by atoms with Crippen LogP contribution in [0.25, 0.3) is 11.1 Å². The molecule has 0 bridgehead atoms. The summed E-state index contributed by atoms with van der Waals surface area (Å²) < 4.78 is 100. The topological polar surface area (TPSA) is 36.9 Å². The molecule has 1 aliphatic heterocycles. The van der Waals surface area contributed by atoms with Crippen molar-refractivity contribution in [1.82, 2.24) is 0 Å². The molecule has 3 aromatic carbocycles. The molecular formula is C29H26F6O4. The fourth-order valence-corrected chi connectivity index (χ4v) is 5.06. The number of hydrogen-bond donors (Lipinski definition) is 0. The molecule has 0 radical (unpaired) electrons. The van der Waals surface area contributed by atoms with Gasteiger partial charge in [-0.05, 0) is 41.3 Å². The molecule has 0 atom stereocenters. The first-order chi connectivity index (χ1) is 18.6. The van der Waals surface area contributed by atoms with Gasteiger partial charge in [0.25, 0.3) is 0 Å². The highest BCUT2D eigenvalue weighted by atomic mass is 19.4. The molecule has 10 heteroatoms. The molecular weight excluding hydrogens is 526 g/mol. The van der Waals surface area contributed by atoms with E-state index in [0.29, 0.717) is 42.7 Å². The largest absolute Gasteiger partial charge is 0.573 e. The first kappa shape index (κ1) is 27.3. The minimum absolute atomic E-state index is 0.402. The summed E-state index contributed by atoms with van der Waals surface area (Å²) in [4.78, 5) is 0. The summed E-state index contributed by atoms with van der Waals surface area (Å²) in [6, 6.07) is 14.5. The van der Waals surface area contributed by atoms with E-state index in [1.165, 1.54) is 37.8 Å². The van der Waals surface area contributed by atoms with Gasteiger partial charge in [0.2, 0.25) is 0 Å². The van der Waals surface area contributed by atoms with E-state index in [4.69, 9.17) is 9.47 Å². The van der Waals surface area contributed by atoms with Gasteiger partial charge < -0.3 is 18.9 Å². The zero-order chi connectivity index (χ0) is 27.6. The molecule has 2 aliphatic rings. The van der Waals surface area contributed by atoms with Gasteiger partial charge in [-0.2, -0.15) is 8.78 Å². The van der Waals surface area contributed by atoms with Gasteiger partial charge in [0.1, 0.15) is 5.75 Å². The molecule has 0 spiro atoms. The fraction of sp³-hybridized carbons (Fsp3) is 0.379. The zero-order valence-corrected chi connectivity index (χ0v) is 20.7. The van der Waals surface area contributed by atoms with Crippen molar-refractivity contribution in [1.29, 1.82) is 0 Å². The molecule has 208 valence electrons. The van der Waals surface area contributed by atoms with Gasteiger partial charge in [-0.25, -0.2) is 4.39 Å². The Morgan fingerprint density at radius 2 is 1.28 bits per heavy atom. The van der Waals surface area contributed by atoms with Crippen molar-refractivity contribution in [2.45, 2.75) is 44.4 Å². The number of benzene rings is 3. The van der Waals surface area contributed by atoms with Gasteiger partial charge in [-0.15, -0.1) is 13.2 Å². The van der Waals surface area contributed by atoms with E-state index in [1.807, 2.05) is 24.3 Å². The quantitative estimate of drug-likeness (QED) is 0.276. The standard InChI is InChI=1S/C29H26F6O4/c30-25-15-24(13-14-26(25)39-29(33,34)35)38-28(31,32)23-11-9-20(10-12-23)19-5-7-21(8-6-19)27-36-16-22(17-37-27)18-3-1-2-4-18/h5-15,18,22,27H,1-4,16-17H2. The Morgan fingerprint density at radius 1 is 0.692 bits per heavy atom. The first-order valence-electron chi connectivity index (χ1n) is 12.6. The van der Waals surface area contributed by atoms with Crippen molar-refractivity contribution in [3.8, 4) is 22.6 Å². The molecule has 0 aromatic heterocycles. The molecule has 1 saturated carbocycles. The van der Waals surface area contributed by atoms with Crippen LogP contribution in [0.3, 0.4) is 0 Å². The van der Waals surface area contributed by atoms with Crippen LogP contribution in [0.1, 0.15) is 43.1 Å². The van der Waals surface area contributed by atoms with E-state index in [2.05, 4.69) is 9.47 Å². The van der Waals surface area contributed by atoms with Gasteiger partial charge in [-0.3, -0.25) is 0 Å². The second kappa shape index (κ2) is 11.1. The van der Waals surface area contributed by atoms with Crippen molar-refractivity contribution < 1.29 is 45.3 Å². The monoisotopic (exact) mass is 552 g/mol. The zero-order valence-electron chi connectivity index (χ0n) is 20.7. The third-order valence-electron chi connectivity index (χ3n) is 7.10. The van der Waals surface area contributed by atoms with Crippen LogP contribution in [0.2, 0.25) is 0 Å². The SMILES string of the molecule is Fc1cc(OC(F)(F)c2ccc(-c3ccc(C4OCC(C5CCCC5)CO4)cc3)cc2)ccc1OC(F)(F)F. The molecule has 39 heavy (non-hydrogen) atoms. The number of hydrogen-bond acceptors (Lipinski definition) is 4. The van der Waals surface area contributed by atoms with Crippen LogP contribution in [-0.2, 0) is 15.6 Å². The lowest BCUT2D eigenvalue weighted by Gasteiger charge is -2.32. The highest BCUT2D eigenvalue weighted by molar-refractivity contribution is 5.64. The van der Waals surface area contributed by atoms with Crippen molar-refractivity contribution in [3.05, 3.63) is 83.7 Å². The highest BCUT2D eigenvalue weighted by Crippen LogP contribution is 2.38. The Hall–Kier alpha value is -3.24. The number of rotatable bonds is 7. The lowest BCUT2D eigenvalue weighted by atomic mass is 9.91. The number of ether oxygens (including phenoxy) is 4. The van der Waals surface area contributed by atoms with Crippen LogP contribution in [0.15, 0.2) is 66.7 Å². The van der Waals surface area contributed by atoms with Crippen molar-refractivity contribution in [3.63, 3.8) is 0 Å². The molecule has 2 fully saturated rings. The van der Waals surface area contributed by atoms with Gasteiger partial charge >= 0.3 is 12.5 Å². The van der Waals surface area contributed by atoms with Crippen LogP contribution in [0, 0.1) is 17.7 Å². The summed E-state index contributed by atoms with van der Waals surface area (Å²) in [5.74, 6) is -2.19. The maximum atomic E-state index is 14.7. The summed E-state index contributed by atoms with van der Waals surface area (Å²) in [5.41, 5.74) is 1.82. The van der Waals surface area contributed by atoms with Gasteiger partial charge in [0, 0.05) is 17.5 Å². The van der Waals surface area contributed by atoms with Crippen molar-refractivity contribution >= 4 is 0 Å². The molecule has 1 aliphatic carbocycles. The molecule has 0 unspecified atom stereocenters. The summed E-state index contributed by atoms with van der Waals surface area (Å²) in [6.45, 7) is 1.35. The lowest BCUT2D eigenvalue weighted by Crippen LogP contribution is -2.31. The van der Waals surface area contributed by atoms with Gasteiger partial charge in [-0.1, -0.05) is 62.1 Å². The fourth-order valence-electron chi connectivity index (χ4n) is 5.06. The summed E-state index contributed by atoms with van der Waals surface area (Å²) >= 11 is 0. The second-order valence-electron chi connectivity index (χ2n) is 9.76. The third-order valence-corrected chi connectivity index (χ3v) is 7.10. The van der Waals surface area contributed by atoms with Crippen LogP contribution in [0.5, 0.6) is 11.5 Å². The maximum Gasteiger partial charge on any atom is 0.573 e. The average molecular weight is 553 g/mol. The molecule has 1 saturated heterocycles. The molecule has 0 amide bonds. The molecule has 1 heterocycles. The number of halogens is 6. The smallest absolute Gasteiger partial charge is 0.429 e. The molecule has 0 N–H and O–H groups in total. The van der Waals surface area contributed by atoms with Gasteiger partial charge in [0.15, 0.2) is 17.9 Å². The Labute approximate surface area is 221 Å². The lowest BCUT2D eigenvalue weighted by molar-refractivity contribution is -0.275. The first-order valence-corrected chi connectivity index (χ1v) is 12.6. The average Bonchev–Trinajstić information content (AvgIpc) is 3.45. The normalized spacial score (nSPS) is 20.7. The predicted octanol–water partition coefficient (Wildman–Crippen LogP) is 8.37. The minimum Gasteiger partial charge on any atom is -0.429 e. The highest BCUT2D eigenvalue weighted by Gasteiger charge is 2.36. The Balaban J connectivity index is 1.20.